The molecule has 11 atom stereocenters. The first-order chi connectivity index (χ1) is 53.1. The van der Waals surface area contributed by atoms with Crippen LogP contribution in [-0.2, 0) is 74.0 Å². The van der Waals surface area contributed by atoms with E-state index >= 15 is 14.4 Å². The molecule has 8 rings (SSSR count). The highest BCUT2D eigenvalue weighted by atomic mass is 16.8. The van der Waals surface area contributed by atoms with Crippen molar-refractivity contribution >= 4 is 23.8 Å². The van der Waals surface area contributed by atoms with Crippen LogP contribution in [0.2, 0.25) is 0 Å². The van der Waals surface area contributed by atoms with Gasteiger partial charge in [0, 0.05) is 31.2 Å². The first kappa shape index (κ1) is 87.3. The van der Waals surface area contributed by atoms with Crippen LogP contribution in [0, 0.1) is 0 Å². The van der Waals surface area contributed by atoms with Crippen LogP contribution < -0.4 is 10.6 Å². The number of nitrogens with one attached hydrogen (secondary N) is 2. The summed E-state index contributed by atoms with van der Waals surface area (Å²) in [6, 6.07) is 47.4. The number of carbonyl (C=O) groups excluding carboxylic acids is 4. The number of amides is 2. The quantitative estimate of drug-likeness (QED) is 0.0214. The zero-order chi connectivity index (χ0) is 75.9. The van der Waals surface area contributed by atoms with Gasteiger partial charge in [0.2, 0.25) is 11.8 Å². The lowest BCUT2D eigenvalue weighted by Crippen LogP contribution is -2.71. The van der Waals surface area contributed by atoms with Gasteiger partial charge in [-0.15, -0.1) is 0 Å². The highest BCUT2D eigenvalue weighted by molar-refractivity contribution is 5.77. The van der Waals surface area contributed by atoms with Gasteiger partial charge in [0.15, 0.2) is 31.1 Å². The number of ether oxygens (including phenoxy) is 9. The lowest BCUT2D eigenvalue weighted by atomic mass is 9.80. The van der Waals surface area contributed by atoms with Crippen molar-refractivity contribution in [2.24, 2.45) is 0 Å². The molecule has 0 aromatic heterocycles. The standard InChI is InChI=1S/C93H136N2O13/c1-5-9-13-17-21-25-29-33-52-66-80(96)94-84-88(105-82(98)68-54-35-31-27-23-19-15-11-7-3)87(79(103-91(84)100-70-73-56-42-37-43-57-73)72-102-93(75-60-46-39-47-61-75,76-62-48-40-49-63-76)77-64-50-41-51-65-77)108-92-85(95-81(97)67-53-34-30-26-22-18-14-10-6-2)89(106-83(99)69-55-36-32-28-24-20-16-12-8-4)86-78(104-92)71-101-90(107-86)74-58-44-38-45-59-74/h37-51,56-65,78-79,84-92H,5-36,52-55,66-72H2,1-4H3,(H,94,96)(H,95,97)/t78-,79-,84-,85-,86-,87-,88-,89-,90?,91-,92+/m1/s1. The maximum atomic E-state index is 15.3. The molecule has 5 aromatic rings. The monoisotopic (exact) mass is 1490 g/mol. The highest BCUT2D eigenvalue weighted by Gasteiger charge is 2.58. The minimum atomic E-state index is -1.44. The maximum absolute atomic E-state index is 15.3. The number of hydrogen-bond acceptors (Lipinski definition) is 13. The molecule has 1 unspecified atom stereocenters. The molecule has 2 amide bonds. The van der Waals surface area contributed by atoms with E-state index in [2.05, 4.69) is 74.7 Å². The lowest BCUT2D eigenvalue weighted by Gasteiger charge is -2.51. The molecule has 0 radical (unpaired) electrons. The molecule has 15 heteroatoms. The van der Waals surface area contributed by atoms with Crippen LogP contribution in [0.3, 0.4) is 0 Å². The summed E-state index contributed by atoms with van der Waals surface area (Å²) in [5.41, 5.74) is 2.87. The Bertz CT molecular complexity index is 3070. The van der Waals surface area contributed by atoms with E-state index in [1.807, 2.05) is 115 Å². The van der Waals surface area contributed by atoms with Crippen molar-refractivity contribution in [3.8, 4) is 0 Å². The summed E-state index contributed by atoms with van der Waals surface area (Å²) in [4.78, 5) is 60.3. The summed E-state index contributed by atoms with van der Waals surface area (Å²) in [6.45, 7) is 8.80. The molecular weight excluding hydrogens is 1350 g/mol. The van der Waals surface area contributed by atoms with Gasteiger partial charge in [0.05, 0.1) is 19.8 Å². The topological polar surface area (TPSA) is 175 Å². The Morgan fingerprint density at radius 1 is 0.389 bits per heavy atom. The van der Waals surface area contributed by atoms with Crippen LogP contribution in [0.4, 0.5) is 0 Å². The Morgan fingerprint density at radius 3 is 1.17 bits per heavy atom. The fourth-order valence-corrected chi connectivity index (χ4v) is 15.6. The van der Waals surface area contributed by atoms with Crippen molar-refractivity contribution in [1.29, 1.82) is 0 Å². The third-order valence-corrected chi connectivity index (χ3v) is 21.8. The number of rotatable bonds is 56. The number of unbranched alkanes of at least 4 members (excludes halogenated alkanes) is 32. The van der Waals surface area contributed by atoms with E-state index < -0.39 is 85.1 Å². The third-order valence-electron chi connectivity index (χ3n) is 21.8. The van der Waals surface area contributed by atoms with Crippen molar-refractivity contribution in [3.05, 3.63) is 179 Å². The fourth-order valence-electron chi connectivity index (χ4n) is 15.6. The van der Waals surface area contributed by atoms with Crippen molar-refractivity contribution in [2.45, 2.75) is 364 Å². The zero-order valence-corrected chi connectivity index (χ0v) is 66.5. The number of esters is 2. The van der Waals surface area contributed by atoms with Gasteiger partial charge in [-0.2, -0.15) is 0 Å². The molecule has 0 bridgehead atoms. The predicted molar refractivity (Wildman–Crippen MR) is 430 cm³/mol. The van der Waals surface area contributed by atoms with Crippen LogP contribution in [-0.4, -0.2) is 98.3 Å². The largest absolute Gasteiger partial charge is 0.457 e. The SMILES string of the molecule is CCCCCCCCCCCC(=O)N[C@H]1[C@H](O[C@H]2[C@H](OC(=O)CCCCCCCCCCC)[C@@H](NC(=O)CCCCCCCCCCC)[C@H](OCc3ccccc3)O[C@@H]2COC(c2ccccc2)(c2ccccc2)c2ccccc2)O[C@@H]2COC(c3ccccc3)O[C@H]2[C@@H]1OC(=O)CCCCCCCCCCC. The van der Waals surface area contributed by atoms with Gasteiger partial charge in [0.1, 0.15) is 42.1 Å². The zero-order valence-electron chi connectivity index (χ0n) is 66.5. The summed E-state index contributed by atoms with van der Waals surface area (Å²) in [5, 5.41) is 6.72. The van der Waals surface area contributed by atoms with E-state index in [9.17, 15) is 4.79 Å². The van der Waals surface area contributed by atoms with Crippen LogP contribution >= 0.6 is 0 Å². The average molecular weight is 1490 g/mol. The van der Waals surface area contributed by atoms with Crippen LogP contribution in [0.25, 0.3) is 0 Å². The Labute approximate surface area is 649 Å². The summed E-state index contributed by atoms with van der Waals surface area (Å²) in [6.07, 6.45) is 28.7. The summed E-state index contributed by atoms with van der Waals surface area (Å²) >= 11 is 0. The van der Waals surface area contributed by atoms with Crippen molar-refractivity contribution in [1.82, 2.24) is 10.6 Å². The van der Waals surface area contributed by atoms with Gasteiger partial charge in [-0.05, 0) is 47.9 Å². The summed E-state index contributed by atoms with van der Waals surface area (Å²) < 4.78 is 64.7. The van der Waals surface area contributed by atoms with Crippen molar-refractivity contribution in [2.75, 3.05) is 13.2 Å². The molecule has 0 saturated carbocycles. The first-order valence-corrected chi connectivity index (χ1v) is 42.9. The predicted octanol–water partition coefficient (Wildman–Crippen LogP) is 21.6. The van der Waals surface area contributed by atoms with Gasteiger partial charge in [0.25, 0.3) is 0 Å². The number of benzene rings is 5. The second-order valence-electron chi connectivity index (χ2n) is 30.7. The van der Waals surface area contributed by atoms with Crippen LogP contribution in [0.5, 0.6) is 0 Å². The summed E-state index contributed by atoms with van der Waals surface area (Å²) in [7, 11) is 0. The van der Waals surface area contributed by atoms with Gasteiger partial charge in [-0.1, -0.05) is 385 Å². The second-order valence-corrected chi connectivity index (χ2v) is 30.7. The highest BCUT2D eigenvalue weighted by Crippen LogP contribution is 2.43. The molecule has 0 aliphatic carbocycles. The molecule has 0 spiro atoms. The van der Waals surface area contributed by atoms with E-state index in [0.717, 1.165) is 118 Å². The Kier molecular flexibility index (Phi) is 42.0. The Hall–Kier alpha value is -6.30. The molecule has 108 heavy (non-hydrogen) atoms. The third kappa shape index (κ3) is 30.1. The smallest absolute Gasteiger partial charge is 0.306 e. The van der Waals surface area contributed by atoms with E-state index in [4.69, 9.17) is 42.6 Å². The van der Waals surface area contributed by atoms with E-state index in [1.54, 1.807) is 0 Å². The van der Waals surface area contributed by atoms with E-state index in [1.165, 1.54) is 116 Å². The normalized spacial score (nSPS) is 21.4. The molecule has 2 N–H and O–H groups in total. The van der Waals surface area contributed by atoms with Gasteiger partial charge < -0.3 is 53.3 Å². The van der Waals surface area contributed by atoms with Gasteiger partial charge in [-0.25, -0.2) is 0 Å². The fraction of sp³-hybridized carbons (Fsp3) is 0.634. The Balaban J connectivity index is 1.23. The summed E-state index contributed by atoms with van der Waals surface area (Å²) in [5.74, 6) is -1.45. The molecule has 596 valence electrons. The van der Waals surface area contributed by atoms with Crippen LogP contribution in [0.15, 0.2) is 152 Å². The molecule has 3 aliphatic rings. The molecule has 3 aliphatic heterocycles. The number of carbonyl (C=O) groups is 4. The lowest BCUT2D eigenvalue weighted by molar-refractivity contribution is -0.367. The van der Waals surface area contributed by atoms with Gasteiger partial charge >= 0.3 is 11.9 Å². The minimum absolute atomic E-state index is 0.00104. The minimum Gasteiger partial charge on any atom is -0.457 e. The number of hydrogen-bond donors (Lipinski definition) is 2. The first-order valence-electron chi connectivity index (χ1n) is 42.9. The van der Waals surface area contributed by atoms with E-state index in [0.29, 0.717) is 25.7 Å². The maximum Gasteiger partial charge on any atom is 0.306 e. The van der Waals surface area contributed by atoms with E-state index in [-0.39, 0.29) is 57.3 Å². The molecule has 3 heterocycles. The van der Waals surface area contributed by atoms with Gasteiger partial charge in [-0.3, -0.25) is 19.2 Å². The molecule has 15 nitrogen and oxygen atoms in total. The second kappa shape index (κ2) is 52.0. The molecule has 3 saturated heterocycles. The van der Waals surface area contributed by atoms with Crippen LogP contribution in [0.1, 0.15) is 319 Å². The molecular formula is C93H136N2O13. The Morgan fingerprint density at radius 2 is 0.750 bits per heavy atom. The molecule has 3 fully saturated rings. The molecule has 5 aromatic carbocycles. The van der Waals surface area contributed by atoms with Crippen molar-refractivity contribution in [3.63, 3.8) is 0 Å². The average Bonchev–Trinajstić information content (AvgIpc) is 0.756. The van der Waals surface area contributed by atoms with Crippen molar-refractivity contribution < 1.29 is 61.8 Å². The number of fused-ring (bicyclic) bond motifs is 1.